The Labute approximate surface area is 173 Å². The van der Waals surface area contributed by atoms with Gasteiger partial charge in [0.1, 0.15) is 18.1 Å². The average molecular weight is 400 g/mol. The standard InChI is InChI=1S/C23H20N4O3/c1-15-12-25-23(27-21(15)17-11-20(22(28)29)24-13-17)26-18-7-9-19(10-8-18)30-14-16-5-3-2-4-6-16/h2-13,24H,14H2,1H3,(H,28,29)(H,25,26,27). The van der Waals surface area contributed by atoms with Crippen molar-refractivity contribution in [3.05, 3.63) is 89.9 Å². The number of hydrogen-bond acceptors (Lipinski definition) is 5. The molecule has 0 aliphatic heterocycles. The summed E-state index contributed by atoms with van der Waals surface area (Å²) in [5.74, 6) is 0.177. The Morgan fingerprint density at radius 3 is 2.60 bits per heavy atom. The van der Waals surface area contributed by atoms with E-state index in [1.165, 1.54) is 0 Å². The van der Waals surface area contributed by atoms with Crippen molar-refractivity contribution >= 4 is 17.6 Å². The average Bonchev–Trinajstić information content (AvgIpc) is 3.26. The van der Waals surface area contributed by atoms with Crippen LogP contribution in [-0.4, -0.2) is 26.0 Å². The summed E-state index contributed by atoms with van der Waals surface area (Å²) in [4.78, 5) is 22.7. The molecule has 4 aromatic rings. The summed E-state index contributed by atoms with van der Waals surface area (Å²) >= 11 is 0. The molecule has 4 rings (SSSR count). The van der Waals surface area contributed by atoms with E-state index in [1.807, 2.05) is 61.5 Å². The number of carbonyl (C=O) groups is 1. The molecule has 0 bridgehead atoms. The molecule has 0 fully saturated rings. The normalized spacial score (nSPS) is 10.6. The van der Waals surface area contributed by atoms with Crippen LogP contribution in [0.2, 0.25) is 0 Å². The zero-order valence-corrected chi connectivity index (χ0v) is 16.3. The van der Waals surface area contributed by atoms with Crippen molar-refractivity contribution in [3.8, 4) is 17.0 Å². The molecule has 0 radical (unpaired) electrons. The number of H-pyrrole nitrogens is 1. The van der Waals surface area contributed by atoms with Crippen molar-refractivity contribution in [2.45, 2.75) is 13.5 Å². The number of hydrogen-bond donors (Lipinski definition) is 3. The van der Waals surface area contributed by atoms with Crippen molar-refractivity contribution in [3.63, 3.8) is 0 Å². The molecule has 0 saturated heterocycles. The molecule has 0 spiro atoms. The first-order valence-electron chi connectivity index (χ1n) is 9.38. The number of ether oxygens (including phenoxy) is 1. The van der Waals surface area contributed by atoms with Gasteiger partial charge in [-0.15, -0.1) is 0 Å². The molecule has 0 saturated carbocycles. The largest absolute Gasteiger partial charge is 0.489 e. The number of anilines is 2. The van der Waals surface area contributed by atoms with Crippen molar-refractivity contribution < 1.29 is 14.6 Å². The minimum atomic E-state index is -1.01. The fraction of sp³-hybridized carbons (Fsp3) is 0.0870. The molecule has 0 aliphatic rings. The first-order chi connectivity index (χ1) is 14.6. The highest BCUT2D eigenvalue weighted by molar-refractivity contribution is 5.87. The summed E-state index contributed by atoms with van der Waals surface area (Å²) in [6, 6.07) is 19.1. The van der Waals surface area contributed by atoms with E-state index in [9.17, 15) is 4.79 Å². The lowest BCUT2D eigenvalue weighted by Crippen LogP contribution is -2.00. The molecule has 30 heavy (non-hydrogen) atoms. The number of carboxylic acids is 1. The molecular weight excluding hydrogens is 380 g/mol. The van der Waals surface area contributed by atoms with Gasteiger partial charge in [0.2, 0.25) is 5.95 Å². The van der Waals surface area contributed by atoms with Gasteiger partial charge < -0.3 is 20.1 Å². The zero-order chi connectivity index (χ0) is 20.9. The molecule has 0 atom stereocenters. The third-order valence-corrected chi connectivity index (χ3v) is 4.52. The Hall–Kier alpha value is -4.13. The summed E-state index contributed by atoms with van der Waals surface area (Å²) in [5.41, 5.74) is 4.25. The molecular formula is C23H20N4O3. The number of aromatic amines is 1. The molecule has 3 N–H and O–H groups in total. The van der Waals surface area contributed by atoms with E-state index in [-0.39, 0.29) is 5.69 Å². The smallest absolute Gasteiger partial charge is 0.352 e. The van der Waals surface area contributed by atoms with E-state index in [0.717, 1.165) is 22.6 Å². The first kappa shape index (κ1) is 19.2. The van der Waals surface area contributed by atoms with Crippen LogP contribution in [0.1, 0.15) is 21.6 Å². The first-order valence-corrected chi connectivity index (χ1v) is 9.38. The number of nitrogens with one attached hydrogen (secondary N) is 2. The highest BCUT2D eigenvalue weighted by Crippen LogP contribution is 2.25. The van der Waals surface area contributed by atoms with Crippen molar-refractivity contribution in [2.24, 2.45) is 0 Å². The van der Waals surface area contributed by atoms with Crippen molar-refractivity contribution in [1.82, 2.24) is 15.0 Å². The Morgan fingerprint density at radius 1 is 1.13 bits per heavy atom. The van der Waals surface area contributed by atoms with Gasteiger partial charge in [-0.05, 0) is 48.4 Å². The Morgan fingerprint density at radius 2 is 1.90 bits per heavy atom. The van der Waals surface area contributed by atoms with Gasteiger partial charge >= 0.3 is 5.97 Å². The maximum atomic E-state index is 11.1. The Bertz CT molecular complexity index is 1150. The summed E-state index contributed by atoms with van der Waals surface area (Å²) in [7, 11) is 0. The second-order valence-corrected chi connectivity index (χ2v) is 6.76. The molecule has 2 aromatic heterocycles. The van der Waals surface area contributed by atoms with Crippen LogP contribution < -0.4 is 10.1 Å². The van der Waals surface area contributed by atoms with E-state index in [1.54, 1.807) is 18.5 Å². The van der Waals surface area contributed by atoms with Gasteiger partial charge in [0, 0.05) is 23.6 Å². The van der Waals surface area contributed by atoms with E-state index in [2.05, 4.69) is 20.3 Å². The monoisotopic (exact) mass is 400 g/mol. The van der Waals surface area contributed by atoms with Crippen LogP contribution in [0.4, 0.5) is 11.6 Å². The second-order valence-electron chi connectivity index (χ2n) is 6.76. The number of aromatic carboxylic acids is 1. The fourth-order valence-corrected chi connectivity index (χ4v) is 2.95. The van der Waals surface area contributed by atoms with E-state index < -0.39 is 5.97 Å². The number of aryl methyl sites for hydroxylation is 1. The Kier molecular flexibility index (Phi) is 5.43. The van der Waals surface area contributed by atoms with E-state index in [0.29, 0.717) is 23.8 Å². The fourth-order valence-electron chi connectivity index (χ4n) is 2.95. The third-order valence-electron chi connectivity index (χ3n) is 4.52. The summed E-state index contributed by atoms with van der Waals surface area (Å²) < 4.78 is 5.80. The molecule has 7 heteroatoms. The van der Waals surface area contributed by atoms with Crippen LogP contribution in [0.5, 0.6) is 5.75 Å². The lowest BCUT2D eigenvalue weighted by molar-refractivity contribution is 0.0691. The predicted octanol–water partition coefficient (Wildman–Crippen LogP) is 4.80. The van der Waals surface area contributed by atoms with Gasteiger partial charge in [0.05, 0.1) is 5.69 Å². The van der Waals surface area contributed by atoms with E-state index >= 15 is 0 Å². The lowest BCUT2D eigenvalue weighted by Gasteiger charge is -2.10. The highest BCUT2D eigenvalue weighted by Gasteiger charge is 2.12. The van der Waals surface area contributed by atoms with Crippen LogP contribution in [-0.2, 0) is 6.61 Å². The zero-order valence-electron chi connectivity index (χ0n) is 16.3. The molecule has 150 valence electrons. The quantitative estimate of drug-likeness (QED) is 0.412. The number of aromatic nitrogens is 3. The summed E-state index contributed by atoms with van der Waals surface area (Å²) in [6.45, 7) is 2.39. The minimum Gasteiger partial charge on any atom is -0.489 e. The highest BCUT2D eigenvalue weighted by atomic mass is 16.5. The summed E-state index contributed by atoms with van der Waals surface area (Å²) in [6.07, 6.45) is 3.33. The van der Waals surface area contributed by atoms with Gasteiger partial charge in [0.15, 0.2) is 0 Å². The topological polar surface area (TPSA) is 100 Å². The molecule has 0 unspecified atom stereocenters. The maximum absolute atomic E-state index is 11.1. The Balaban J connectivity index is 1.45. The number of carboxylic acid groups (broad SMARTS) is 1. The van der Waals surface area contributed by atoms with Crippen LogP contribution in [0.15, 0.2) is 73.1 Å². The van der Waals surface area contributed by atoms with Gasteiger partial charge in [-0.1, -0.05) is 30.3 Å². The maximum Gasteiger partial charge on any atom is 0.352 e. The predicted molar refractivity (Wildman–Crippen MR) is 114 cm³/mol. The summed E-state index contributed by atoms with van der Waals surface area (Å²) in [5, 5.41) is 12.3. The molecule has 0 amide bonds. The second kappa shape index (κ2) is 8.48. The molecule has 2 heterocycles. The van der Waals surface area contributed by atoms with Crippen LogP contribution in [0, 0.1) is 6.92 Å². The van der Waals surface area contributed by atoms with Gasteiger partial charge in [0.25, 0.3) is 0 Å². The van der Waals surface area contributed by atoms with Gasteiger partial charge in [-0.3, -0.25) is 0 Å². The molecule has 0 aliphatic carbocycles. The SMILES string of the molecule is Cc1cnc(Nc2ccc(OCc3ccccc3)cc2)nc1-c1c[nH]c(C(=O)O)c1. The number of nitrogens with zero attached hydrogens (tertiary/aromatic N) is 2. The van der Waals surface area contributed by atoms with Crippen LogP contribution >= 0.6 is 0 Å². The molecule has 7 nitrogen and oxygen atoms in total. The van der Waals surface area contributed by atoms with Gasteiger partial charge in [-0.2, -0.15) is 0 Å². The number of rotatable bonds is 7. The third kappa shape index (κ3) is 4.47. The van der Waals surface area contributed by atoms with E-state index in [4.69, 9.17) is 9.84 Å². The molecule has 2 aromatic carbocycles. The lowest BCUT2D eigenvalue weighted by atomic mass is 10.1. The van der Waals surface area contributed by atoms with Crippen LogP contribution in [0.3, 0.4) is 0 Å². The number of benzene rings is 2. The van der Waals surface area contributed by atoms with Crippen molar-refractivity contribution in [2.75, 3.05) is 5.32 Å². The minimum absolute atomic E-state index is 0.114. The van der Waals surface area contributed by atoms with Gasteiger partial charge in [-0.25, -0.2) is 14.8 Å². The van der Waals surface area contributed by atoms with Crippen LogP contribution in [0.25, 0.3) is 11.3 Å². The van der Waals surface area contributed by atoms with Crippen molar-refractivity contribution in [1.29, 1.82) is 0 Å².